The number of carbonyl (C=O) groups is 1. The van der Waals surface area contributed by atoms with Gasteiger partial charge in [-0.05, 0) is 13.8 Å². The molecule has 0 amide bonds. The Kier molecular flexibility index (Phi) is 2.86. The number of aryl methyl sites for hydroxylation is 1. The molecular weight excluding hydrogens is 228 g/mol. The van der Waals surface area contributed by atoms with Crippen LogP contribution in [-0.2, 0) is 9.53 Å². The van der Waals surface area contributed by atoms with Crippen LogP contribution in [0.3, 0.4) is 0 Å². The average molecular weight is 242 g/mol. The van der Waals surface area contributed by atoms with Crippen molar-refractivity contribution in [3.05, 3.63) is 11.1 Å². The summed E-state index contributed by atoms with van der Waals surface area (Å²) in [5, 5.41) is 15.0. The van der Waals surface area contributed by atoms with Crippen molar-refractivity contribution in [2.45, 2.75) is 19.9 Å². The summed E-state index contributed by atoms with van der Waals surface area (Å²) in [4.78, 5) is 15.5. The van der Waals surface area contributed by atoms with Crippen molar-refractivity contribution in [1.29, 1.82) is 0 Å². The Balaban J connectivity index is 2.12. The van der Waals surface area contributed by atoms with Crippen LogP contribution in [0.25, 0.3) is 0 Å². The SMILES string of the molecule is Cc1csc(NC2COCC2(C)C(=O)O)n1. The van der Waals surface area contributed by atoms with Crippen LogP contribution in [0.5, 0.6) is 0 Å². The maximum Gasteiger partial charge on any atom is 0.313 e. The lowest BCUT2D eigenvalue weighted by molar-refractivity contribution is -0.148. The Labute approximate surface area is 97.5 Å². The molecule has 5 nitrogen and oxygen atoms in total. The van der Waals surface area contributed by atoms with Crippen LogP contribution in [0.1, 0.15) is 12.6 Å². The van der Waals surface area contributed by atoms with Crippen LogP contribution in [0, 0.1) is 12.3 Å². The molecule has 2 rings (SSSR count). The van der Waals surface area contributed by atoms with Crippen LogP contribution in [0.4, 0.5) is 5.13 Å². The Morgan fingerprint density at radius 1 is 1.81 bits per heavy atom. The van der Waals surface area contributed by atoms with Gasteiger partial charge in [0.1, 0.15) is 5.41 Å². The first-order chi connectivity index (χ1) is 7.52. The summed E-state index contributed by atoms with van der Waals surface area (Å²) in [6.45, 7) is 4.25. The van der Waals surface area contributed by atoms with Gasteiger partial charge in [0, 0.05) is 5.38 Å². The van der Waals surface area contributed by atoms with Crippen LogP contribution < -0.4 is 5.32 Å². The molecule has 88 valence electrons. The number of hydrogen-bond donors (Lipinski definition) is 2. The molecule has 0 aromatic carbocycles. The number of thiazole rings is 1. The normalized spacial score (nSPS) is 29.2. The highest BCUT2D eigenvalue weighted by Gasteiger charge is 2.46. The van der Waals surface area contributed by atoms with Gasteiger partial charge in [-0.1, -0.05) is 0 Å². The van der Waals surface area contributed by atoms with E-state index in [1.807, 2.05) is 12.3 Å². The molecule has 0 radical (unpaired) electrons. The van der Waals surface area contributed by atoms with E-state index in [0.717, 1.165) is 10.8 Å². The number of nitrogens with zero attached hydrogens (tertiary/aromatic N) is 1. The van der Waals surface area contributed by atoms with Gasteiger partial charge < -0.3 is 15.2 Å². The molecule has 1 aromatic heterocycles. The highest BCUT2D eigenvalue weighted by atomic mass is 32.1. The summed E-state index contributed by atoms with van der Waals surface area (Å²) in [6, 6.07) is -0.226. The lowest BCUT2D eigenvalue weighted by Crippen LogP contribution is -2.43. The Hall–Kier alpha value is -1.14. The van der Waals surface area contributed by atoms with Crippen molar-refractivity contribution in [2.75, 3.05) is 18.5 Å². The van der Waals surface area contributed by atoms with E-state index in [2.05, 4.69) is 10.3 Å². The van der Waals surface area contributed by atoms with Gasteiger partial charge in [0.05, 0.1) is 24.9 Å². The molecule has 0 aliphatic carbocycles. The van der Waals surface area contributed by atoms with Crippen molar-refractivity contribution in [3.8, 4) is 0 Å². The molecule has 1 aliphatic heterocycles. The van der Waals surface area contributed by atoms with Gasteiger partial charge >= 0.3 is 5.97 Å². The van der Waals surface area contributed by atoms with Gasteiger partial charge in [0.15, 0.2) is 5.13 Å². The Morgan fingerprint density at radius 3 is 3.12 bits per heavy atom. The summed E-state index contributed by atoms with van der Waals surface area (Å²) in [7, 11) is 0. The van der Waals surface area contributed by atoms with Crippen LogP contribution >= 0.6 is 11.3 Å². The molecule has 0 saturated carbocycles. The third kappa shape index (κ3) is 1.90. The van der Waals surface area contributed by atoms with Gasteiger partial charge in [-0.25, -0.2) is 4.98 Å². The molecule has 1 aromatic rings. The van der Waals surface area contributed by atoms with Crippen molar-refractivity contribution in [2.24, 2.45) is 5.41 Å². The second-order valence-corrected chi connectivity index (χ2v) is 5.09. The molecule has 2 heterocycles. The van der Waals surface area contributed by atoms with Crippen LogP contribution in [-0.4, -0.2) is 35.3 Å². The fourth-order valence-electron chi connectivity index (χ4n) is 1.65. The smallest absolute Gasteiger partial charge is 0.313 e. The lowest BCUT2D eigenvalue weighted by atomic mass is 9.85. The summed E-state index contributed by atoms with van der Waals surface area (Å²) < 4.78 is 5.25. The summed E-state index contributed by atoms with van der Waals surface area (Å²) in [6.07, 6.45) is 0. The predicted molar refractivity (Wildman–Crippen MR) is 60.8 cm³/mol. The van der Waals surface area contributed by atoms with Gasteiger partial charge in [-0.2, -0.15) is 0 Å². The molecule has 2 N–H and O–H groups in total. The van der Waals surface area contributed by atoms with Gasteiger partial charge in [-0.15, -0.1) is 11.3 Å². The molecule has 0 bridgehead atoms. The topological polar surface area (TPSA) is 71.5 Å². The van der Waals surface area contributed by atoms with Crippen molar-refractivity contribution in [3.63, 3.8) is 0 Å². The van der Waals surface area contributed by atoms with Crippen molar-refractivity contribution < 1.29 is 14.6 Å². The number of aliphatic carboxylic acids is 1. The number of carboxylic acids is 1. The second kappa shape index (κ2) is 4.03. The van der Waals surface area contributed by atoms with E-state index < -0.39 is 11.4 Å². The first-order valence-electron chi connectivity index (χ1n) is 5.02. The molecule has 16 heavy (non-hydrogen) atoms. The second-order valence-electron chi connectivity index (χ2n) is 4.23. The van der Waals surface area contributed by atoms with Crippen molar-refractivity contribution in [1.82, 2.24) is 4.98 Å². The van der Waals surface area contributed by atoms with Crippen molar-refractivity contribution >= 4 is 22.4 Å². The minimum atomic E-state index is -0.875. The maximum absolute atomic E-state index is 11.2. The van der Waals surface area contributed by atoms with Gasteiger partial charge in [-0.3, -0.25) is 4.79 Å². The quantitative estimate of drug-likeness (QED) is 0.837. The van der Waals surface area contributed by atoms with E-state index in [-0.39, 0.29) is 12.6 Å². The molecule has 1 saturated heterocycles. The number of carboxylic acid groups (broad SMARTS) is 1. The first-order valence-corrected chi connectivity index (χ1v) is 5.90. The monoisotopic (exact) mass is 242 g/mol. The maximum atomic E-state index is 11.2. The number of hydrogen-bond acceptors (Lipinski definition) is 5. The molecule has 2 atom stereocenters. The number of aromatic nitrogens is 1. The minimum absolute atomic E-state index is 0.226. The van der Waals surface area contributed by atoms with Crippen LogP contribution in [0.2, 0.25) is 0 Å². The summed E-state index contributed by atoms with van der Waals surface area (Å²) in [5.74, 6) is -0.837. The highest BCUT2D eigenvalue weighted by molar-refractivity contribution is 7.13. The Morgan fingerprint density at radius 2 is 2.56 bits per heavy atom. The average Bonchev–Trinajstić information content (AvgIpc) is 2.76. The fraction of sp³-hybridized carbons (Fsp3) is 0.600. The lowest BCUT2D eigenvalue weighted by Gasteiger charge is -2.25. The third-order valence-electron chi connectivity index (χ3n) is 2.86. The molecule has 2 unspecified atom stereocenters. The molecular formula is C10H14N2O3S. The first kappa shape index (κ1) is 11.3. The Bertz CT molecular complexity index is 407. The largest absolute Gasteiger partial charge is 0.481 e. The number of ether oxygens (including phenoxy) is 1. The highest BCUT2D eigenvalue weighted by Crippen LogP contribution is 2.31. The molecule has 1 fully saturated rings. The predicted octanol–water partition coefficient (Wildman–Crippen LogP) is 1.35. The van der Waals surface area contributed by atoms with E-state index >= 15 is 0 Å². The number of anilines is 1. The molecule has 6 heteroatoms. The summed E-state index contributed by atoms with van der Waals surface area (Å²) >= 11 is 1.48. The number of nitrogens with one attached hydrogen (secondary N) is 1. The zero-order chi connectivity index (χ0) is 11.8. The molecule has 0 spiro atoms. The van der Waals surface area contributed by atoms with Gasteiger partial charge in [0.25, 0.3) is 0 Å². The number of rotatable bonds is 3. The minimum Gasteiger partial charge on any atom is -0.481 e. The summed E-state index contributed by atoms with van der Waals surface area (Å²) in [5.41, 5.74) is 0.0583. The zero-order valence-corrected chi connectivity index (χ0v) is 10.0. The molecule has 1 aliphatic rings. The third-order valence-corrected chi connectivity index (χ3v) is 3.75. The van der Waals surface area contributed by atoms with E-state index in [4.69, 9.17) is 4.74 Å². The fourth-order valence-corrected chi connectivity index (χ4v) is 2.40. The van der Waals surface area contributed by atoms with Gasteiger partial charge in [0.2, 0.25) is 0 Å². The van der Waals surface area contributed by atoms with E-state index in [1.54, 1.807) is 6.92 Å². The van der Waals surface area contributed by atoms with E-state index in [1.165, 1.54) is 11.3 Å². The van der Waals surface area contributed by atoms with Crippen LogP contribution in [0.15, 0.2) is 5.38 Å². The van der Waals surface area contributed by atoms with E-state index in [0.29, 0.717) is 6.61 Å². The van der Waals surface area contributed by atoms with E-state index in [9.17, 15) is 9.90 Å². The zero-order valence-electron chi connectivity index (χ0n) is 9.19. The standard InChI is InChI=1S/C10H14N2O3S/c1-6-4-16-9(11-6)12-7-3-15-5-10(7,2)8(13)14/h4,7H,3,5H2,1-2H3,(H,11,12)(H,13,14).